The number of ether oxygens (including phenoxy) is 3. The van der Waals surface area contributed by atoms with Gasteiger partial charge in [-0.15, -0.1) is 0 Å². The second-order valence-corrected chi connectivity index (χ2v) is 7.82. The highest BCUT2D eigenvalue weighted by atomic mass is 16.5. The van der Waals surface area contributed by atoms with Crippen LogP contribution in [0, 0.1) is 0 Å². The highest BCUT2D eigenvalue weighted by molar-refractivity contribution is 6.05. The molecule has 0 saturated carbocycles. The molecule has 3 rings (SSSR count). The van der Waals surface area contributed by atoms with Crippen LogP contribution in [0.3, 0.4) is 0 Å². The van der Waals surface area contributed by atoms with E-state index in [0.717, 1.165) is 31.9 Å². The summed E-state index contributed by atoms with van der Waals surface area (Å²) >= 11 is 0. The molecule has 0 aliphatic carbocycles. The van der Waals surface area contributed by atoms with Gasteiger partial charge < -0.3 is 29.3 Å². The lowest BCUT2D eigenvalue weighted by Gasteiger charge is -2.36. The molecular formula is C26H35N3O5. The molecule has 0 aromatic heterocycles. The third kappa shape index (κ3) is 6.12. The van der Waals surface area contributed by atoms with E-state index >= 15 is 0 Å². The zero-order valence-corrected chi connectivity index (χ0v) is 20.6. The lowest BCUT2D eigenvalue weighted by atomic mass is 10.1. The van der Waals surface area contributed by atoms with Crippen molar-refractivity contribution >= 4 is 23.2 Å². The van der Waals surface area contributed by atoms with E-state index in [4.69, 9.17) is 14.2 Å². The summed E-state index contributed by atoms with van der Waals surface area (Å²) in [6.45, 7) is 11.9. The van der Waals surface area contributed by atoms with Gasteiger partial charge in [0.05, 0.1) is 19.8 Å². The fraction of sp³-hybridized carbons (Fsp3) is 0.462. The third-order valence-electron chi connectivity index (χ3n) is 5.60. The Bertz CT molecular complexity index is 942. The van der Waals surface area contributed by atoms with Crippen LogP contribution < -0.4 is 24.4 Å². The molecule has 0 spiro atoms. The molecule has 34 heavy (non-hydrogen) atoms. The molecule has 1 aliphatic rings. The molecule has 2 aromatic carbocycles. The first kappa shape index (κ1) is 25.2. The first-order valence-electron chi connectivity index (χ1n) is 12.0. The zero-order valence-electron chi connectivity index (χ0n) is 20.6. The Hall–Kier alpha value is -3.42. The Kier molecular flexibility index (Phi) is 9.01. The van der Waals surface area contributed by atoms with Crippen LogP contribution in [0.2, 0.25) is 0 Å². The molecule has 2 amide bonds. The number of amides is 2. The van der Waals surface area contributed by atoms with Gasteiger partial charge in [-0.3, -0.25) is 9.59 Å². The number of benzene rings is 2. The number of carbonyl (C=O) groups is 2. The van der Waals surface area contributed by atoms with Crippen molar-refractivity contribution in [3.63, 3.8) is 0 Å². The Labute approximate surface area is 201 Å². The van der Waals surface area contributed by atoms with Crippen LogP contribution in [0.1, 0.15) is 44.5 Å². The largest absolute Gasteiger partial charge is 0.490 e. The molecule has 0 bridgehead atoms. The van der Waals surface area contributed by atoms with Gasteiger partial charge in [0.25, 0.3) is 5.91 Å². The molecule has 1 heterocycles. The zero-order chi connectivity index (χ0) is 24.5. The molecule has 184 valence electrons. The van der Waals surface area contributed by atoms with E-state index < -0.39 is 0 Å². The molecule has 1 N–H and O–H groups in total. The quantitative estimate of drug-likeness (QED) is 0.562. The van der Waals surface area contributed by atoms with Gasteiger partial charge >= 0.3 is 0 Å². The topological polar surface area (TPSA) is 80.3 Å². The summed E-state index contributed by atoms with van der Waals surface area (Å²) in [5, 5.41) is 2.95. The van der Waals surface area contributed by atoms with Gasteiger partial charge in [-0.05, 0) is 57.2 Å². The van der Waals surface area contributed by atoms with E-state index in [9.17, 15) is 9.59 Å². The number of hydrogen-bond acceptors (Lipinski definition) is 6. The minimum Gasteiger partial charge on any atom is -0.490 e. The molecular weight excluding hydrogens is 434 g/mol. The van der Waals surface area contributed by atoms with Crippen molar-refractivity contribution < 1.29 is 23.8 Å². The van der Waals surface area contributed by atoms with E-state index in [1.54, 1.807) is 12.1 Å². The van der Waals surface area contributed by atoms with Gasteiger partial charge in [-0.1, -0.05) is 6.92 Å². The van der Waals surface area contributed by atoms with E-state index in [2.05, 4.69) is 10.2 Å². The van der Waals surface area contributed by atoms with Crippen LogP contribution in [0.4, 0.5) is 11.4 Å². The summed E-state index contributed by atoms with van der Waals surface area (Å²) in [5.74, 6) is 1.41. The van der Waals surface area contributed by atoms with Crippen molar-refractivity contribution in [3.05, 3.63) is 42.0 Å². The fourth-order valence-corrected chi connectivity index (χ4v) is 3.92. The Morgan fingerprint density at radius 2 is 1.38 bits per heavy atom. The van der Waals surface area contributed by atoms with Gasteiger partial charge in [-0.2, -0.15) is 0 Å². The minimum atomic E-state index is -0.260. The molecule has 1 fully saturated rings. The number of rotatable bonds is 10. The van der Waals surface area contributed by atoms with Crippen LogP contribution >= 0.6 is 0 Å². The fourth-order valence-electron chi connectivity index (χ4n) is 3.92. The normalized spacial score (nSPS) is 13.4. The maximum atomic E-state index is 13.0. The number of nitrogens with one attached hydrogen (secondary N) is 1. The molecule has 2 aromatic rings. The van der Waals surface area contributed by atoms with Crippen molar-refractivity contribution in [2.75, 3.05) is 56.2 Å². The van der Waals surface area contributed by atoms with Gasteiger partial charge in [0, 0.05) is 49.5 Å². The Balaban J connectivity index is 1.70. The Morgan fingerprint density at radius 1 is 0.824 bits per heavy atom. The molecule has 0 atom stereocenters. The number of carbonyl (C=O) groups excluding carboxylic acids is 2. The maximum absolute atomic E-state index is 13.0. The SMILES string of the molecule is CCOc1cc(C(=O)Nc2ccc(N3CCN(C(=O)CC)CC3)cc2)cc(OCC)c1OCC. The van der Waals surface area contributed by atoms with Gasteiger partial charge in [0.2, 0.25) is 11.7 Å². The summed E-state index contributed by atoms with van der Waals surface area (Å²) in [4.78, 5) is 29.0. The number of piperazine rings is 1. The maximum Gasteiger partial charge on any atom is 0.255 e. The molecule has 1 saturated heterocycles. The standard InChI is InChI=1S/C26H35N3O5/c1-5-24(30)29-15-13-28(14-16-29)21-11-9-20(10-12-21)27-26(31)19-17-22(32-6-2)25(34-8-4)23(18-19)33-7-3/h9-12,17-18H,5-8,13-16H2,1-4H3,(H,27,31). The van der Waals surface area contributed by atoms with Gasteiger partial charge in [0.1, 0.15) is 0 Å². The molecule has 8 heteroatoms. The lowest BCUT2D eigenvalue weighted by Crippen LogP contribution is -2.48. The van der Waals surface area contributed by atoms with Crippen LogP contribution in [0.25, 0.3) is 0 Å². The van der Waals surface area contributed by atoms with Crippen molar-refractivity contribution in [2.45, 2.75) is 34.1 Å². The van der Waals surface area contributed by atoms with Crippen LogP contribution in [0.15, 0.2) is 36.4 Å². The van der Waals surface area contributed by atoms with E-state index in [1.807, 2.05) is 56.9 Å². The number of hydrogen-bond donors (Lipinski definition) is 1. The predicted molar refractivity (Wildman–Crippen MR) is 133 cm³/mol. The average Bonchev–Trinajstić information content (AvgIpc) is 2.86. The first-order chi connectivity index (χ1) is 16.5. The smallest absolute Gasteiger partial charge is 0.255 e. The second-order valence-electron chi connectivity index (χ2n) is 7.82. The van der Waals surface area contributed by atoms with Crippen molar-refractivity contribution in [2.24, 2.45) is 0 Å². The van der Waals surface area contributed by atoms with Crippen LogP contribution in [-0.4, -0.2) is 62.7 Å². The van der Waals surface area contributed by atoms with E-state index in [0.29, 0.717) is 54.7 Å². The van der Waals surface area contributed by atoms with Crippen molar-refractivity contribution in [1.82, 2.24) is 4.90 Å². The second kappa shape index (κ2) is 12.2. The molecule has 0 radical (unpaired) electrons. The Morgan fingerprint density at radius 3 is 1.88 bits per heavy atom. The average molecular weight is 470 g/mol. The number of anilines is 2. The van der Waals surface area contributed by atoms with Crippen molar-refractivity contribution in [3.8, 4) is 17.2 Å². The van der Waals surface area contributed by atoms with Crippen molar-refractivity contribution in [1.29, 1.82) is 0 Å². The summed E-state index contributed by atoms with van der Waals surface area (Å²) in [6.07, 6.45) is 0.543. The summed E-state index contributed by atoms with van der Waals surface area (Å²) in [5.41, 5.74) is 2.19. The molecule has 1 aliphatic heterocycles. The summed E-state index contributed by atoms with van der Waals surface area (Å²) in [6, 6.07) is 11.1. The summed E-state index contributed by atoms with van der Waals surface area (Å²) < 4.78 is 17.1. The summed E-state index contributed by atoms with van der Waals surface area (Å²) in [7, 11) is 0. The number of nitrogens with zero attached hydrogens (tertiary/aromatic N) is 2. The van der Waals surface area contributed by atoms with E-state index in [-0.39, 0.29) is 11.8 Å². The minimum absolute atomic E-state index is 0.201. The van der Waals surface area contributed by atoms with Gasteiger partial charge in [0.15, 0.2) is 11.5 Å². The monoisotopic (exact) mass is 469 g/mol. The van der Waals surface area contributed by atoms with Crippen LogP contribution in [0.5, 0.6) is 17.2 Å². The molecule has 8 nitrogen and oxygen atoms in total. The van der Waals surface area contributed by atoms with Gasteiger partial charge in [-0.25, -0.2) is 0 Å². The first-order valence-corrected chi connectivity index (χ1v) is 12.0. The predicted octanol–water partition coefficient (Wildman–Crippen LogP) is 4.19. The highest BCUT2D eigenvalue weighted by Gasteiger charge is 2.21. The third-order valence-corrected chi connectivity index (χ3v) is 5.60. The van der Waals surface area contributed by atoms with Crippen LogP contribution in [-0.2, 0) is 4.79 Å². The van der Waals surface area contributed by atoms with E-state index in [1.165, 1.54) is 0 Å². The molecule has 0 unspecified atom stereocenters. The highest BCUT2D eigenvalue weighted by Crippen LogP contribution is 2.39. The lowest BCUT2D eigenvalue weighted by molar-refractivity contribution is -0.131.